The summed E-state index contributed by atoms with van der Waals surface area (Å²) >= 11 is 6.17. The van der Waals surface area contributed by atoms with Crippen molar-refractivity contribution in [1.29, 1.82) is 0 Å². The van der Waals surface area contributed by atoms with Crippen LogP contribution in [0, 0.1) is 0 Å². The molecule has 0 spiro atoms. The molecule has 0 aliphatic carbocycles. The second-order valence-electron chi connectivity index (χ2n) is 9.56. The molecule has 0 N–H and O–H groups in total. The van der Waals surface area contributed by atoms with Crippen LogP contribution < -0.4 is 20.1 Å². The van der Waals surface area contributed by atoms with Crippen molar-refractivity contribution in [3.05, 3.63) is 64.3 Å². The predicted octanol–water partition coefficient (Wildman–Crippen LogP) is 2.19. The molecule has 2 aromatic heterocycles. The van der Waals surface area contributed by atoms with Crippen molar-refractivity contribution in [3.63, 3.8) is 0 Å². The van der Waals surface area contributed by atoms with E-state index < -0.39 is 20.8 Å². The zero-order valence-corrected chi connectivity index (χ0v) is 22.8. The first-order chi connectivity index (χ1) is 18.2. The Morgan fingerprint density at radius 3 is 2.45 bits per heavy atom. The van der Waals surface area contributed by atoms with Gasteiger partial charge in [-0.15, -0.1) is 0 Å². The molecule has 2 saturated heterocycles. The fraction of sp³-hybridized carbons (Fsp3) is 0.440. The highest BCUT2D eigenvalue weighted by Crippen LogP contribution is 2.29. The molecule has 1 aromatic carbocycles. The minimum Gasteiger partial charge on any atom is -0.481 e. The van der Waals surface area contributed by atoms with Gasteiger partial charge in [0.2, 0.25) is 21.7 Å². The number of anilines is 2. The maximum absolute atomic E-state index is 13.8. The van der Waals surface area contributed by atoms with Crippen molar-refractivity contribution in [3.8, 4) is 11.4 Å². The molecule has 13 heteroatoms. The minimum absolute atomic E-state index is 0.181. The van der Waals surface area contributed by atoms with Gasteiger partial charge < -0.3 is 14.5 Å². The number of sulfonamides is 1. The van der Waals surface area contributed by atoms with E-state index in [-0.39, 0.29) is 11.9 Å². The van der Waals surface area contributed by atoms with E-state index in [9.17, 15) is 13.2 Å². The molecule has 38 heavy (non-hydrogen) atoms. The normalized spacial score (nSPS) is 18.8. The summed E-state index contributed by atoms with van der Waals surface area (Å²) in [5, 5.41) is 4.42. The largest absolute Gasteiger partial charge is 0.481 e. The molecule has 2 aliphatic rings. The monoisotopic (exact) mass is 559 g/mol. The lowest BCUT2D eigenvalue weighted by Crippen LogP contribution is -2.50. The molecule has 5 rings (SSSR count). The van der Waals surface area contributed by atoms with E-state index in [1.54, 1.807) is 62.8 Å². The van der Waals surface area contributed by atoms with Gasteiger partial charge in [0.05, 0.1) is 23.7 Å². The summed E-state index contributed by atoms with van der Waals surface area (Å²) in [5.41, 5.74) is 0.665. The first-order valence-corrected chi connectivity index (χ1v) is 14.4. The Bertz CT molecular complexity index is 1440. The van der Waals surface area contributed by atoms with E-state index in [4.69, 9.17) is 16.3 Å². The fourth-order valence-corrected chi connectivity index (χ4v) is 6.12. The number of nitrogens with zero attached hydrogens (tertiary/aromatic N) is 7. The lowest BCUT2D eigenvalue weighted by molar-refractivity contribution is 0.220. The molecule has 0 bridgehead atoms. The van der Waals surface area contributed by atoms with Gasteiger partial charge in [0.25, 0.3) is 0 Å². The van der Waals surface area contributed by atoms with E-state index >= 15 is 0 Å². The standard InChI is InChI=1S/C25H30ClN7O4S/c1-18(2)38(35,36)32-13-11-30(12-14-32)22-16-29-33(20-6-3-5-19(26)15-20)24(34)23(22)37-21-7-10-31(17-21)25-27-8-4-9-28-25/h3-6,8-9,15-16,18,21H,7,10-14,17H2,1-2H3/t21-/m1/s1. The predicted molar refractivity (Wildman–Crippen MR) is 146 cm³/mol. The molecule has 0 radical (unpaired) electrons. The van der Waals surface area contributed by atoms with Gasteiger partial charge in [-0.25, -0.2) is 18.4 Å². The van der Waals surface area contributed by atoms with Gasteiger partial charge in [-0.2, -0.15) is 14.1 Å². The summed E-state index contributed by atoms with van der Waals surface area (Å²) < 4.78 is 34.5. The molecule has 2 fully saturated rings. The number of aromatic nitrogens is 4. The molecule has 1 atom stereocenters. The zero-order chi connectivity index (χ0) is 26.9. The Kier molecular flexibility index (Phi) is 7.55. The summed E-state index contributed by atoms with van der Waals surface area (Å²) in [5.74, 6) is 0.799. The average molecular weight is 560 g/mol. The van der Waals surface area contributed by atoms with Crippen molar-refractivity contribution in [1.82, 2.24) is 24.1 Å². The topological polar surface area (TPSA) is 114 Å². The maximum atomic E-state index is 13.8. The summed E-state index contributed by atoms with van der Waals surface area (Å²) in [4.78, 5) is 26.4. The number of ether oxygens (including phenoxy) is 1. The molecule has 4 heterocycles. The quantitative estimate of drug-likeness (QED) is 0.430. The average Bonchev–Trinajstić information content (AvgIpc) is 3.39. The first-order valence-electron chi connectivity index (χ1n) is 12.5. The number of hydrogen-bond donors (Lipinski definition) is 0. The maximum Gasteiger partial charge on any atom is 0.316 e. The number of piperazine rings is 1. The van der Waals surface area contributed by atoms with Crippen LogP contribution in [0.2, 0.25) is 5.02 Å². The summed E-state index contributed by atoms with van der Waals surface area (Å²) in [6.45, 7) is 6.06. The van der Waals surface area contributed by atoms with E-state index in [1.807, 2.05) is 9.80 Å². The highest BCUT2D eigenvalue weighted by Gasteiger charge is 2.33. The second-order valence-corrected chi connectivity index (χ2v) is 12.5. The molecular weight excluding hydrogens is 530 g/mol. The molecule has 0 amide bonds. The third-order valence-electron chi connectivity index (χ3n) is 6.77. The Morgan fingerprint density at radius 1 is 1.03 bits per heavy atom. The molecule has 0 unspecified atom stereocenters. The fourth-order valence-electron chi connectivity index (χ4n) is 4.67. The lowest BCUT2D eigenvalue weighted by atomic mass is 10.2. The van der Waals surface area contributed by atoms with Crippen LogP contribution in [0.3, 0.4) is 0 Å². The van der Waals surface area contributed by atoms with Gasteiger partial charge in [-0.05, 0) is 38.1 Å². The van der Waals surface area contributed by atoms with Crippen molar-refractivity contribution in [2.24, 2.45) is 0 Å². The molecule has 11 nitrogen and oxygen atoms in total. The van der Waals surface area contributed by atoms with Gasteiger partial charge in [-0.1, -0.05) is 17.7 Å². The summed E-state index contributed by atoms with van der Waals surface area (Å²) in [7, 11) is -3.36. The van der Waals surface area contributed by atoms with Crippen LogP contribution in [-0.4, -0.2) is 83.1 Å². The molecule has 0 saturated carbocycles. The van der Waals surface area contributed by atoms with Gasteiger partial charge in [0, 0.05) is 56.6 Å². The molecule has 2 aliphatic heterocycles. The molecular formula is C25H30ClN7O4S. The molecule has 202 valence electrons. The van der Waals surface area contributed by atoms with Crippen LogP contribution in [0.15, 0.2) is 53.7 Å². The number of halogens is 1. The van der Waals surface area contributed by atoms with Crippen molar-refractivity contribution < 1.29 is 13.2 Å². The Labute approximate surface area is 226 Å². The van der Waals surface area contributed by atoms with Gasteiger partial charge in [0.1, 0.15) is 11.8 Å². The number of benzene rings is 1. The van der Waals surface area contributed by atoms with Crippen LogP contribution >= 0.6 is 11.6 Å². The van der Waals surface area contributed by atoms with Gasteiger partial charge >= 0.3 is 5.56 Å². The van der Waals surface area contributed by atoms with E-state index in [0.29, 0.717) is 68.0 Å². The SMILES string of the molecule is CC(C)S(=O)(=O)N1CCN(c2cnn(-c3cccc(Cl)c3)c(=O)c2O[C@@H]2CCN(c3ncccn3)C2)CC1. The number of rotatable bonds is 7. The summed E-state index contributed by atoms with van der Waals surface area (Å²) in [6.07, 6.45) is 5.43. The van der Waals surface area contributed by atoms with E-state index in [2.05, 4.69) is 15.1 Å². The zero-order valence-electron chi connectivity index (χ0n) is 21.3. The van der Waals surface area contributed by atoms with Crippen LogP contribution in [-0.2, 0) is 10.0 Å². The Morgan fingerprint density at radius 2 is 1.76 bits per heavy atom. The smallest absolute Gasteiger partial charge is 0.316 e. The lowest BCUT2D eigenvalue weighted by Gasteiger charge is -2.36. The van der Waals surface area contributed by atoms with Crippen LogP contribution in [0.1, 0.15) is 20.3 Å². The third-order valence-corrected chi connectivity index (χ3v) is 9.28. The van der Waals surface area contributed by atoms with Gasteiger partial charge in [0.15, 0.2) is 0 Å². The van der Waals surface area contributed by atoms with Crippen LogP contribution in [0.25, 0.3) is 5.69 Å². The minimum atomic E-state index is -3.36. The number of hydrogen-bond acceptors (Lipinski definition) is 9. The first kappa shape index (κ1) is 26.4. The third kappa shape index (κ3) is 5.33. The Hall–Kier alpha value is -3.22. The van der Waals surface area contributed by atoms with Crippen molar-refractivity contribution in [2.45, 2.75) is 31.6 Å². The summed E-state index contributed by atoms with van der Waals surface area (Å²) in [6, 6.07) is 8.66. The Balaban J connectivity index is 1.44. The van der Waals surface area contributed by atoms with Crippen LogP contribution in [0.5, 0.6) is 5.75 Å². The van der Waals surface area contributed by atoms with E-state index in [0.717, 1.165) is 0 Å². The second kappa shape index (κ2) is 10.9. The van der Waals surface area contributed by atoms with E-state index in [1.165, 1.54) is 8.99 Å². The molecule has 3 aromatic rings. The van der Waals surface area contributed by atoms with Gasteiger partial charge in [-0.3, -0.25) is 4.79 Å². The van der Waals surface area contributed by atoms with Crippen molar-refractivity contribution >= 4 is 33.3 Å². The van der Waals surface area contributed by atoms with Crippen LogP contribution in [0.4, 0.5) is 11.6 Å². The van der Waals surface area contributed by atoms with Crippen molar-refractivity contribution in [2.75, 3.05) is 49.1 Å². The highest BCUT2D eigenvalue weighted by molar-refractivity contribution is 7.89. The highest BCUT2D eigenvalue weighted by atomic mass is 35.5.